The molecule has 0 aromatic heterocycles. The number of Topliss-reactive ketones (excluding diaryl/α,β-unsaturated/α-hetero) is 1. The fourth-order valence-electron chi connectivity index (χ4n) is 3.30. The molecule has 31 heavy (non-hydrogen) atoms. The maximum absolute atomic E-state index is 13.4. The predicted molar refractivity (Wildman–Crippen MR) is 113 cm³/mol. The van der Waals surface area contributed by atoms with Crippen molar-refractivity contribution in [3.8, 4) is 0 Å². The number of hydroxylamine groups is 2. The zero-order valence-electron chi connectivity index (χ0n) is 19.2. The third kappa shape index (κ3) is 6.13. The van der Waals surface area contributed by atoms with Gasteiger partial charge < -0.3 is 10.1 Å². The lowest BCUT2D eigenvalue weighted by molar-refractivity contribution is -0.193. The van der Waals surface area contributed by atoms with E-state index in [0.29, 0.717) is 5.06 Å². The normalized spacial score (nSPS) is 20.5. The Morgan fingerprint density at radius 2 is 1.61 bits per heavy atom. The maximum atomic E-state index is 13.4. The lowest BCUT2D eigenvalue weighted by Gasteiger charge is -2.32. The number of nitrogens with zero attached hydrogens (tertiary/aromatic N) is 1. The average molecular weight is 433 g/mol. The number of amides is 3. The number of ketones is 1. The number of imide groups is 1. The highest BCUT2D eigenvalue weighted by atomic mass is 16.7. The molecule has 3 atom stereocenters. The van der Waals surface area contributed by atoms with Crippen molar-refractivity contribution in [1.29, 1.82) is 0 Å². The number of carbonyl (C=O) groups is 4. The van der Waals surface area contributed by atoms with Gasteiger partial charge >= 0.3 is 6.09 Å². The second-order valence-corrected chi connectivity index (χ2v) is 9.84. The van der Waals surface area contributed by atoms with Gasteiger partial charge in [0.05, 0.1) is 12.0 Å². The lowest BCUT2D eigenvalue weighted by atomic mass is 9.78. The molecule has 1 aromatic rings. The summed E-state index contributed by atoms with van der Waals surface area (Å²) in [5.41, 5.74) is -0.677. The molecule has 1 saturated heterocycles. The molecular weight excluding hydrogens is 400 g/mol. The van der Waals surface area contributed by atoms with E-state index in [-0.39, 0.29) is 6.61 Å². The zero-order valence-corrected chi connectivity index (χ0v) is 19.2. The summed E-state index contributed by atoms with van der Waals surface area (Å²) in [4.78, 5) is 56.7. The van der Waals surface area contributed by atoms with Crippen molar-refractivity contribution in [3.05, 3.63) is 35.9 Å². The van der Waals surface area contributed by atoms with Crippen LogP contribution in [0.25, 0.3) is 0 Å². The molecule has 8 heteroatoms. The molecule has 8 nitrogen and oxygen atoms in total. The SMILES string of the molecule is C[C@@H]1C(=O)N(OCc2ccccc2)C(=O)[C@H]1C(=O)[C@@H](NC(=O)OC(C)(C)C)C(C)(C)C. The van der Waals surface area contributed by atoms with Crippen LogP contribution in [0.2, 0.25) is 0 Å². The van der Waals surface area contributed by atoms with E-state index in [9.17, 15) is 19.2 Å². The standard InChI is InChI=1S/C23H32N2O6/c1-14-16(17(26)18(22(2,3)4)24-21(29)31-23(5,6)7)20(28)25(19(14)27)30-13-15-11-9-8-10-12-15/h8-12,14,16,18H,13H2,1-7H3,(H,24,29)/t14-,16+,18+/m0/s1. The fraction of sp³-hybridized carbons (Fsp3) is 0.565. The number of ether oxygens (including phenoxy) is 1. The molecule has 1 aromatic carbocycles. The fourth-order valence-corrected chi connectivity index (χ4v) is 3.30. The van der Waals surface area contributed by atoms with Crippen LogP contribution in [0.5, 0.6) is 0 Å². The number of benzene rings is 1. The van der Waals surface area contributed by atoms with Gasteiger partial charge in [-0.3, -0.25) is 19.2 Å². The first-order valence-corrected chi connectivity index (χ1v) is 10.3. The Kier molecular flexibility index (Phi) is 7.26. The van der Waals surface area contributed by atoms with Crippen LogP contribution in [-0.2, 0) is 30.6 Å². The first kappa shape index (κ1) is 24.5. The van der Waals surface area contributed by atoms with Gasteiger partial charge in [0.25, 0.3) is 11.8 Å². The van der Waals surface area contributed by atoms with Crippen LogP contribution in [0.1, 0.15) is 54.0 Å². The van der Waals surface area contributed by atoms with Crippen molar-refractivity contribution in [3.63, 3.8) is 0 Å². The lowest BCUT2D eigenvalue weighted by Crippen LogP contribution is -2.53. The van der Waals surface area contributed by atoms with E-state index in [1.54, 1.807) is 53.7 Å². The topological polar surface area (TPSA) is 102 Å². The second-order valence-electron chi connectivity index (χ2n) is 9.84. The summed E-state index contributed by atoms with van der Waals surface area (Å²) in [6.07, 6.45) is -0.762. The van der Waals surface area contributed by atoms with Gasteiger partial charge in [-0.25, -0.2) is 4.79 Å². The smallest absolute Gasteiger partial charge is 0.408 e. The Morgan fingerprint density at radius 3 is 2.13 bits per heavy atom. The molecule has 0 bridgehead atoms. The Hall–Kier alpha value is -2.74. The van der Waals surface area contributed by atoms with Crippen molar-refractivity contribution in [2.24, 2.45) is 17.3 Å². The molecule has 3 amide bonds. The van der Waals surface area contributed by atoms with Crippen molar-refractivity contribution in [2.45, 2.75) is 66.7 Å². The third-order valence-corrected chi connectivity index (χ3v) is 4.88. The molecule has 1 aliphatic heterocycles. The molecule has 1 heterocycles. The van der Waals surface area contributed by atoms with Crippen LogP contribution in [0.3, 0.4) is 0 Å². The number of carbonyl (C=O) groups excluding carboxylic acids is 4. The first-order chi connectivity index (χ1) is 14.2. The van der Waals surface area contributed by atoms with Gasteiger partial charge in [0.15, 0.2) is 5.78 Å². The van der Waals surface area contributed by atoms with E-state index in [2.05, 4.69) is 5.32 Å². The molecular formula is C23H32N2O6. The summed E-state index contributed by atoms with van der Waals surface area (Å²) in [6.45, 7) is 12.0. The van der Waals surface area contributed by atoms with Gasteiger partial charge in [-0.15, -0.1) is 0 Å². The van der Waals surface area contributed by atoms with Crippen LogP contribution >= 0.6 is 0 Å². The summed E-state index contributed by atoms with van der Waals surface area (Å²) >= 11 is 0. The van der Waals surface area contributed by atoms with E-state index in [1.807, 2.05) is 18.2 Å². The molecule has 0 spiro atoms. The highest BCUT2D eigenvalue weighted by Crippen LogP contribution is 2.32. The quantitative estimate of drug-likeness (QED) is 0.547. The van der Waals surface area contributed by atoms with Gasteiger partial charge in [-0.2, -0.15) is 5.06 Å². The van der Waals surface area contributed by atoms with Gasteiger partial charge in [-0.1, -0.05) is 58.0 Å². The number of hydrogen-bond acceptors (Lipinski definition) is 6. The number of rotatable bonds is 6. The van der Waals surface area contributed by atoms with E-state index in [1.165, 1.54) is 6.92 Å². The summed E-state index contributed by atoms with van der Waals surface area (Å²) in [7, 11) is 0. The minimum atomic E-state index is -1.25. The van der Waals surface area contributed by atoms with Crippen LogP contribution in [0.4, 0.5) is 4.79 Å². The van der Waals surface area contributed by atoms with Crippen LogP contribution in [0.15, 0.2) is 30.3 Å². The van der Waals surface area contributed by atoms with E-state index >= 15 is 0 Å². The monoisotopic (exact) mass is 432 g/mol. The largest absolute Gasteiger partial charge is 0.444 e. The minimum Gasteiger partial charge on any atom is -0.444 e. The average Bonchev–Trinajstić information content (AvgIpc) is 2.85. The molecule has 1 aliphatic rings. The summed E-state index contributed by atoms with van der Waals surface area (Å²) in [5.74, 6) is -4.00. The Labute approximate surface area is 183 Å². The summed E-state index contributed by atoms with van der Waals surface area (Å²) < 4.78 is 5.27. The number of hydrogen-bond donors (Lipinski definition) is 1. The van der Waals surface area contributed by atoms with Crippen molar-refractivity contribution in [1.82, 2.24) is 10.4 Å². The molecule has 0 radical (unpaired) electrons. The molecule has 0 unspecified atom stereocenters. The summed E-state index contributed by atoms with van der Waals surface area (Å²) in [5, 5.41) is 3.26. The Balaban J connectivity index is 2.19. The van der Waals surface area contributed by atoms with Crippen LogP contribution < -0.4 is 5.32 Å². The van der Waals surface area contributed by atoms with Gasteiger partial charge in [0, 0.05) is 0 Å². The van der Waals surface area contributed by atoms with Crippen LogP contribution in [0, 0.1) is 17.3 Å². The van der Waals surface area contributed by atoms with Gasteiger partial charge in [-0.05, 0) is 31.7 Å². The molecule has 1 fully saturated rings. The minimum absolute atomic E-state index is 0.0187. The third-order valence-electron chi connectivity index (χ3n) is 4.88. The highest BCUT2D eigenvalue weighted by Gasteiger charge is 2.53. The molecule has 1 N–H and O–H groups in total. The molecule has 170 valence electrons. The first-order valence-electron chi connectivity index (χ1n) is 10.3. The maximum Gasteiger partial charge on any atom is 0.408 e. The molecule has 0 aliphatic carbocycles. The van der Waals surface area contributed by atoms with Gasteiger partial charge in [0.2, 0.25) is 0 Å². The van der Waals surface area contributed by atoms with Crippen molar-refractivity contribution < 1.29 is 28.8 Å². The van der Waals surface area contributed by atoms with E-state index in [0.717, 1.165) is 5.56 Å². The Bertz CT molecular complexity index is 838. The van der Waals surface area contributed by atoms with Crippen molar-refractivity contribution >= 4 is 23.7 Å². The van der Waals surface area contributed by atoms with E-state index in [4.69, 9.17) is 9.57 Å². The number of alkyl carbamates (subject to hydrolysis) is 1. The number of nitrogens with one attached hydrogen (secondary N) is 1. The predicted octanol–water partition coefficient (Wildman–Crippen LogP) is 3.25. The van der Waals surface area contributed by atoms with Gasteiger partial charge in [0.1, 0.15) is 18.1 Å². The van der Waals surface area contributed by atoms with Crippen molar-refractivity contribution in [2.75, 3.05) is 0 Å². The Morgan fingerprint density at radius 1 is 1.03 bits per heavy atom. The summed E-state index contributed by atoms with van der Waals surface area (Å²) in [6, 6.07) is 8.06. The highest BCUT2D eigenvalue weighted by molar-refractivity contribution is 6.16. The molecule has 0 saturated carbocycles. The molecule has 2 rings (SSSR count). The zero-order chi connectivity index (χ0) is 23.6. The van der Waals surface area contributed by atoms with Crippen LogP contribution in [-0.4, -0.2) is 40.4 Å². The van der Waals surface area contributed by atoms with E-state index < -0.39 is 52.6 Å². The second kappa shape index (κ2) is 9.18.